The van der Waals surface area contributed by atoms with E-state index < -0.39 is 9.05 Å². The van der Waals surface area contributed by atoms with Crippen molar-refractivity contribution in [2.24, 2.45) is 0 Å². The van der Waals surface area contributed by atoms with Crippen molar-refractivity contribution in [3.8, 4) is 0 Å². The summed E-state index contributed by atoms with van der Waals surface area (Å²) in [5.41, 5.74) is 1.77. The number of nitrogens with one attached hydrogen (secondary N) is 1. The van der Waals surface area contributed by atoms with Gasteiger partial charge in [0.2, 0.25) is 5.91 Å². The summed E-state index contributed by atoms with van der Waals surface area (Å²) in [5.74, 6) is -0.211. The third kappa shape index (κ3) is 1.85. The van der Waals surface area contributed by atoms with Crippen molar-refractivity contribution in [3.05, 3.63) is 23.3 Å². The van der Waals surface area contributed by atoms with Gasteiger partial charge in [0.15, 0.2) is 0 Å². The van der Waals surface area contributed by atoms with Crippen LogP contribution in [0.2, 0.25) is 0 Å². The monoisotopic (exact) mass is 245 g/mol. The number of rotatable bonds is 1. The Hall–Kier alpha value is -1.07. The van der Waals surface area contributed by atoms with Crippen LogP contribution in [0.5, 0.6) is 0 Å². The second-order valence-electron chi connectivity index (χ2n) is 3.46. The normalized spacial score (nSPS) is 14.9. The number of carbonyl (C=O) groups is 1. The lowest BCUT2D eigenvalue weighted by molar-refractivity contribution is -0.115. The molecule has 0 radical (unpaired) electrons. The van der Waals surface area contributed by atoms with Gasteiger partial charge >= 0.3 is 0 Å². The van der Waals surface area contributed by atoms with Crippen LogP contribution in [0.25, 0.3) is 0 Å². The summed E-state index contributed by atoms with van der Waals surface area (Å²) >= 11 is 0. The van der Waals surface area contributed by atoms with Gasteiger partial charge in [-0.1, -0.05) is 6.07 Å². The zero-order chi connectivity index (χ0) is 11.2. The topological polar surface area (TPSA) is 63.2 Å². The van der Waals surface area contributed by atoms with Crippen LogP contribution in [0, 0.1) is 6.92 Å². The van der Waals surface area contributed by atoms with Gasteiger partial charge in [0.1, 0.15) is 4.90 Å². The van der Waals surface area contributed by atoms with Crippen molar-refractivity contribution in [2.75, 3.05) is 5.32 Å². The molecule has 1 heterocycles. The Bertz CT molecular complexity index is 551. The number of carbonyl (C=O) groups excluding carboxylic acids is 1. The Morgan fingerprint density at radius 2 is 2.07 bits per heavy atom. The number of amides is 1. The van der Waals surface area contributed by atoms with Gasteiger partial charge in [0, 0.05) is 10.7 Å². The highest BCUT2D eigenvalue weighted by molar-refractivity contribution is 8.13. The predicted octanol–water partition coefficient (Wildman–Crippen LogP) is 1.42. The lowest BCUT2D eigenvalue weighted by atomic mass is 10.1. The molecule has 1 amide bonds. The Balaban J connectivity index is 2.73. The summed E-state index contributed by atoms with van der Waals surface area (Å²) in [6.45, 7) is 1.76. The zero-order valence-corrected chi connectivity index (χ0v) is 9.45. The first-order valence-corrected chi connectivity index (χ1v) is 6.57. The summed E-state index contributed by atoms with van der Waals surface area (Å²) in [6.07, 6.45) is 0.205. The van der Waals surface area contributed by atoms with Crippen LogP contribution < -0.4 is 5.32 Å². The Labute approximate surface area is 91.7 Å². The highest BCUT2D eigenvalue weighted by Gasteiger charge is 2.26. The molecule has 0 saturated carbocycles. The van der Waals surface area contributed by atoms with Gasteiger partial charge in [-0.15, -0.1) is 0 Å². The number of aryl methyl sites for hydroxylation is 1. The maximum Gasteiger partial charge on any atom is 0.263 e. The van der Waals surface area contributed by atoms with E-state index in [0.29, 0.717) is 11.3 Å². The SMILES string of the molecule is Cc1cc2c(c(S(=O)(=O)Cl)c1)NC(=O)C2. The first-order valence-electron chi connectivity index (χ1n) is 4.26. The quantitative estimate of drug-likeness (QED) is 0.761. The van der Waals surface area contributed by atoms with Crippen molar-refractivity contribution >= 4 is 31.3 Å². The molecule has 80 valence electrons. The summed E-state index contributed by atoms with van der Waals surface area (Å²) < 4.78 is 22.5. The average Bonchev–Trinajstić information content (AvgIpc) is 2.41. The third-order valence-corrected chi connectivity index (χ3v) is 3.55. The van der Waals surface area contributed by atoms with E-state index in [1.54, 1.807) is 13.0 Å². The number of benzene rings is 1. The van der Waals surface area contributed by atoms with E-state index in [1.165, 1.54) is 6.07 Å². The van der Waals surface area contributed by atoms with E-state index in [2.05, 4.69) is 5.32 Å². The molecule has 1 aromatic carbocycles. The molecule has 1 aliphatic heterocycles. The van der Waals surface area contributed by atoms with Crippen LogP contribution in [-0.2, 0) is 20.3 Å². The third-order valence-electron chi connectivity index (χ3n) is 2.21. The van der Waals surface area contributed by atoms with Gasteiger partial charge in [-0.25, -0.2) is 8.42 Å². The molecule has 0 atom stereocenters. The molecule has 0 bridgehead atoms. The molecule has 15 heavy (non-hydrogen) atoms. The van der Waals surface area contributed by atoms with Gasteiger partial charge in [0.25, 0.3) is 9.05 Å². The van der Waals surface area contributed by atoms with Crippen LogP contribution in [0.3, 0.4) is 0 Å². The average molecular weight is 246 g/mol. The number of hydrogen-bond acceptors (Lipinski definition) is 3. The fourth-order valence-electron chi connectivity index (χ4n) is 1.66. The number of halogens is 1. The van der Waals surface area contributed by atoms with E-state index >= 15 is 0 Å². The summed E-state index contributed by atoms with van der Waals surface area (Å²) in [6, 6.07) is 3.23. The number of fused-ring (bicyclic) bond motifs is 1. The molecule has 0 unspecified atom stereocenters. The van der Waals surface area contributed by atoms with E-state index in [0.717, 1.165) is 5.56 Å². The fraction of sp³-hybridized carbons (Fsp3) is 0.222. The van der Waals surface area contributed by atoms with Crippen LogP contribution in [0.15, 0.2) is 17.0 Å². The molecule has 0 fully saturated rings. The molecular formula is C9H8ClNO3S. The van der Waals surface area contributed by atoms with Crippen LogP contribution in [-0.4, -0.2) is 14.3 Å². The number of anilines is 1. The van der Waals surface area contributed by atoms with Gasteiger partial charge < -0.3 is 5.32 Å². The first kappa shape index (κ1) is 10.4. The summed E-state index contributed by atoms with van der Waals surface area (Å²) in [5, 5.41) is 2.50. The van der Waals surface area contributed by atoms with Crippen molar-refractivity contribution in [1.29, 1.82) is 0 Å². The van der Waals surface area contributed by atoms with Gasteiger partial charge in [-0.2, -0.15) is 0 Å². The van der Waals surface area contributed by atoms with Crippen LogP contribution in [0.1, 0.15) is 11.1 Å². The molecule has 1 N–H and O–H groups in total. The van der Waals surface area contributed by atoms with E-state index in [1.807, 2.05) is 0 Å². The molecule has 6 heteroatoms. The minimum Gasteiger partial charge on any atom is -0.324 e. The van der Waals surface area contributed by atoms with Gasteiger partial charge in [-0.3, -0.25) is 4.79 Å². The molecule has 0 saturated heterocycles. The maximum absolute atomic E-state index is 11.3. The molecule has 0 aromatic heterocycles. The minimum atomic E-state index is -3.82. The highest BCUT2D eigenvalue weighted by Crippen LogP contribution is 2.33. The molecule has 0 spiro atoms. The smallest absolute Gasteiger partial charge is 0.263 e. The molecule has 2 rings (SSSR count). The van der Waals surface area contributed by atoms with Gasteiger partial charge in [0.05, 0.1) is 12.1 Å². The van der Waals surface area contributed by atoms with Gasteiger partial charge in [-0.05, 0) is 24.1 Å². The first-order chi connectivity index (χ1) is 6.88. The second kappa shape index (κ2) is 3.21. The largest absolute Gasteiger partial charge is 0.324 e. The Morgan fingerprint density at radius 1 is 1.40 bits per heavy atom. The number of hydrogen-bond donors (Lipinski definition) is 1. The Kier molecular flexibility index (Phi) is 2.24. The predicted molar refractivity (Wildman–Crippen MR) is 56.6 cm³/mol. The standard InChI is InChI=1S/C9H8ClNO3S/c1-5-2-6-4-8(12)11-9(6)7(3-5)15(10,13)14/h2-3H,4H2,1H3,(H,11,12). The van der Waals surface area contributed by atoms with Crippen LogP contribution in [0.4, 0.5) is 5.69 Å². The molecular weight excluding hydrogens is 238 g/mol. The molecule has 0 aliphatic carbocycles. The molecule has 1 aliphatic rings. The zero-order valence-electron chi connectivity index (χ0n) is 7.87. The van der Waals surface area contributed by atoms with Crippen molar-refractivity contribution < 1.29 is 13.2 Å². The van der Waals surface area contributed by atoms with Crippen molar-refractivity contribution in [3.63, 3.8) is 0 Å². The van der Waals surface area contributed by atoms with Crippen molar-refractivity contribution in [1.82, 2.24) is 0 Å². The summed E-state index contributed by atoms with van der Waals surface area (Å²) in [7, 11) is 1.47. The van der Waals surface area contributed by atoms with Crippen LogP contribution >= 0.6 is 10.7 Å². The lowest BCUT2D eigenvalue weighted by Crippen LogP contribution is -2.05. The van der Waals surface area contributed by atoms with Crippen molar-refractivity contribution in [2.45, 2.75) is 18.2 Å². The van der Waals surface area contributed by atoms with E-state index in [-0.39, 0.29) is 17.2 Å². The summed E-state index contributed by atoms with van der Waals surface area (Å²) in [4.78, 5) is 11.1. The fourth-order valence-corrected chi connectivity index (χ4v) is 2.77. The molecule has 1 aromatic rings. The van der Waals surface area contributed by atoms with E-state index in [4.69, 9.17) is 10.7 Å². The van der Waals surface area contributed by atoms with E-state index in [9.17, 15) is 13.2 Å². The Morgan fingerprint density at radius 3 is 2.67 bits per heavy atom. The minimum absolute atomic E-state index is 0.0231. The second-order valence-corrected chi connectivity index (χ2v) is 5.99. The maximum atomic E-state index is 11.3. The highest BCUT2D eigenvalue weighted by atomic mass is 35.7. The lowest BCUT2D eigenvalue weighted by Gasteiger charge is -2.06. The molecule has 4 nitrogen and oxygen atoms in total.